The Kier molecular flexibility index (Phi) is 4.60. The smallest absolute Gasteiger partial charge is 0.114 e. The zero-order chi connectivity index (χ0) is 11.3. The maximum Gasteiger partial charge on any atom is 0.114 e. The van der Waals surface area contributed by atoms with Crippen molar-refractivity contribution in [2.45, 2.75) is 18.9 Å². The van der Waals surface area contributed by atoms with Gasteiger partial charge in [0.2, 0.25) is 0 Å². The Morgan fingerprint density at radius 3 is 2.87 bits per heavy atom. The van der Waals surface area contributed by atoms with E-state index in [0.29, 0.717) is 12.2 Å². The van der Waals surface area contributed by atoms with Crippen molar-refractivity contribution in [3.05, 3.63) is 22.9 Å². The molecule has 0 spiro atoms. The minimum absolute atomic E-state index is 0.671. The molecule has 0 unspecified atom stereocenters. The van der Waals surface area contributed by atoms with Crippen LogP contribution in [-0.2, 0) is 4.74 Å². The Hall–Kier alpha value is -1.05. The van der Waals surface area contributed by atoms with Gasteiger partial charge in [0.25, 0.3) is 0 Å². The summed E-state index contributed by atoms with van der Waals surface area (Å²) in [7, 11) is 1.67. The van der Waals surface area contributed by atoms with Crippen LogP contribution in [0.5, 0.6) is 0 Å². The molecule has 0 saturated carbocycles. The lowest BCUT2D eigenvalue weighted by atomic mass is 10.1. The van der Waals surface area contributed by atoms with E-state index in [1.807, 2.05) is 19.9 Å². The molecule has 0 aliphatic rings. The number of pyridine rings is 1. The highest BCUT2D eigenvalue weighted by molar-refractivity contribution is 7.99. The highest BCUT2D eigenvalue weighted by atomic mass is 32.2. The van der Waals surface area contributed by atoms with E-state index < -0.39 is 0 Å². The van der Waals surface area contributed by atoms with Gasteiger partial charge < -0.3 is 4.74 Å². The predicted molar refractivity (Wildman–Crippen MR) is 61.0 cm³/mol. The monoisotopic (exact) mass is 222 g/mol. The van der Waals surface area contributed by atoms with Crippen molar-refractivity contribution in [2.75, 3.05) is 19.5 Å². The second-order valence-electron chi connectivity index (χ2n) is 3.21. The van der Waals surface area contributed by atoms with E-state index in [9.17, 15) is 0 Å². The van der Waals surface area contributed by atoms with Crippen LogP contribution < -0.4 is 0 Å². The zero-order valence-corrected chi connectivity index (χ0v) is 10.0. The Morgan fingerprint density at radius 1 is 1.53 bits per heavy atom. The summed E-state index contributed by atoms with van der Waals surface area (Å²) in [6, 6.07) is 4.12. The van der Waals surface area contributed by atoms with Crippen molar-refractivity contribution >= 4 is 11.8 Å². The summed E-state index contributed by atoms with van der Waals surface area (Å²) in [6.45, 7) is 4.55. The van der Waals surface area contributed by atoms with Gasteiger partial charge in [-0.3, -0.25) is 0 Å². The van der Waals surface area contributed by atoms with Crippen LogP contribution in [0.1, 0.15) is 16.8 Å². The molecule has 0 aromatic carbocycles. The van der Waals surface area contributed by atoms with Crippen LogP contribution in [-0.4, -0.2) is 24.5 Å². The molecule has 0 atom stereocenters. The highest BCUT2D eigenvalue weighted by Gasteiger charge is 2.08. The molecule has 4 heteroatoms. The molecular formula is C11H14N2OS. The maximum atomic E-state index is 9.01. The predicted octanol–water partition coefficient (Wildman–Crippen LogP) is 2.31. The molecule has 0 saturated heterocycles. The fourth-order valence-electron chi connectivity index (χ4n) is 1.26. The summed E-state index contributed by atoms with van der Waals surface area (Å²) in [5.74, 6) is 0.821. The average Bonchev–Trinajstić information content (AvgIpc) is 2.17. The Balaban J connectivity index is 2.90. The Labute approximate surface area is 94.5 Å². The molecule has 1 heterocycles. The standard InChI is InChI=1S/C11H14N2OS/c1-8-6-9(2)13-11(10(8)7-12)15-5-4-14-3/h6H,4-5H2,1-3H3. The first-order chi connectivity index (χ1) is 7.19. The molecule has 1 aromatic rings. The molecule has 1 aromatic heterocycles. The van der Waals surface area contributed by atoms with Gasteiger partial charge in [-0.2, -0.15) is 5.26 Å². The molecule has 15 heavy (non-hydrogen) atoms. The molecule has 0 fully saturated rings. The molecule has 1 rings (SSSR count). The number of rotatable bonds is 4. The van der Waals surface area contributed by atoms with Crippen molar-refractivity contribution < 1.29 is 4.74 Å². The van der Waals surface area contributed by atoms with Crippen molar-refractivity contribution in [3.8, 4) is 6.07 Å². The molecule has 0 aliphatic carbocycles. The Morgan fingerprint density at radius 2 is 2.27 bits per heavy atom. The number of aromatic nitrogens is 1. The molecule has 0 N–H and O–H groups in total. The number of nitriles is 1. The number of hydrogen-bond acceptors (Lipinski definition) is 4. The third kappa shape index (κ3) is 3.22. The molecule has 0 bridgehead atoms. The minimum atomic E-state index is 0.671. The average molecular weight is 222 g/mol. The number of thioether (sulfide) groups is 1. The quantitative estimate of drug-likeness (QED) is 0.579. The van der Waals surface area contributed by atoms with E-state index in [0.717, 1.165) is 22.0 Å². The topological polar surface area (TPSA) is 45.9 Å². The fourth-order valence-corrected chi connectivity index (χ4v) is 2.27. The van der Waals surface area contributed by atoms with E-state index >= 15 is 0 Å². The first-order valence-corrected chi connectivity index (χ1v) is 5.67. The van der Waals surface area contributed by atoms with Crippen molar-refractivity contribution in [1.82, 2.24) is 4.98 Å². The number of methoxy groups -OCH3 is 1. The molecular weight excluding hydrogens is 208 g/mol. The van der Waals surface area contributed by atoms with Crippen LogP contribution in [0.25, 0.3) is 0 Å². The van der Waals surface area contributed by atoms with Gasteiger partial charge in [-0.15, -0.1) is 11.8 Å². The minimum Gasteiger partial charge on any atom is -0.384 e. The van der Waals surface area contributed by atoms with E-state index in [2.05, 4.69) is 11.1 Å². The second-order valence-corrected chi connectivity index (χ2v) is 4.30. The molecule has 3 nitrogen and oxygen atoms in total. The number of nitrogens with zero attached hydrogens (tertiary/aromatic N) is 2. The van der Waals surface area contributed by atoms with Crippen LogP contribution in [0.15, 0.2) is 11.1 Å². The van der Waals surface area contributed by atoms with E-state index in [1.165, 1.54) is 0 Å². The van der Waals surface area contributed by atoms with E-state index in [1.54, 1.807) is 18.9 Å². The van der Waals surface area contributed by atoms with Gasteiger partial charge in [-0.1, -0.05) is 0 Å². The highest BCUT2D eigenvalue weighted by Crippen LogP contribution is 2.23. The van der Waals surface area contributed by atoms with Crippen LogP contribution in [0.3, 0.4) is 0 Å². The SMILES string of the molecule is COCCSc1nc(C)cc(C)c1C#N. The second kappa shape index (κ2) is 5.74. The lowest BCUT2D eigenvalue weighted by Gasteiger charge is -2.06. The zero-order valence-electron chi connectivity index (χ0n) is 9.20. The third-order valence-electron chi connectivity index (χ3n) is 1.95. The van der Waals surface area contributed by atoms with Gasteiger partial charge in [0.05, 0.1) is 12.2 Å². The summed E-state index contributed by atoms with van der Waals surface area (Å²) >= 11 is 1.57. The summed E-state index contributed by atoms with van der Waals surface area (Å²) in [4.78, 5) is 4.36. The van der Waals surface area contributed by atoms with E-state index in [4.69, 9.17) is 10.00 Å². The molecule has 0 radical (unpaired) electrons. The fraction of sp³-hybridized carbons (Fsp3) is 0.455. The first-order valence-electron chi connectivity index (χ1n) is 4.69. The van der Waals surface area contributed by atoms with Crippen LogP contribution in [0, 0.1) is 25.2 Å². The summed E-state index contributed by atoms with van der Waals surface area (Å²) in [5, 5.41) is 9.82. The molecule has 80 valence electrons. The van der Waals surface area contributed by atoms with Crippen LogP contribution in [0.4, 0.5) is 0 Å². The lowest BCUT2D eigenvalue weighted by molar-refractivity contribution is 0.218. The van der Waals surface area contributed by atoms with Crippen LogP contribution >= 0.6 is 11.8 Å². The van der Waals surface area contributed by atoms with Gasteiger partial charge in [-0.05, 0) is 25.5 Å². The number of hydrogen-bond donors (Lipinski definition) is 0. The van der Waals surface area contributed by atoms with Gasteiger partial charge in [0.1, 0.15) is 11.1 Å². The summed E-state index contributed by atoms with van der Waals surface area (Å²) < 4.78 is 4.97. The van der Waals surface area contributed by atoms with Crippen molar-refractivity contribution in [2.24, 2.45) is 0 Å². The normalized spacial score (nSPS) is 10.0. The summed E-state index contributed by atoms with van der Waals surface area (Å²) in [6.07, 6.45) is 0. The summed E-state index contributed by atoms with van der Waals surface area (Å²) in [5.41, 5.74) is 2.62. The van der Waals surface area contributed by atoms with Crippen molar-refractivity contribution in [1.29, 1.82) is 5.26 Å². The largest absolute Gasteiger partial charge is 0.384 e. The first kappa shape index (κ1) is 12.0. The van der Waals surface area contributed by atoms with Gasteiger partial charge >= 0.3 is 0 Å². The Bertz CT molecular complexity index is 385. The van der Waals surface area contributed by atoms with Gasteiger partial charge in [-0.25, -0.2) is 4.98 Å². The molecule has 0 amide bonds. The number of ether oxygens (including phenoxy) is 1. The van der Waals surface area contributed by atoms with Gasteiger partial charge in [0, 0.05) is 18.6 Å². The van der Waals surface area contributed by atoms with E-state index in [-0.39, 0.29) is 0 Å². The van der Waals surface area contributed by atoms with Crippen molar-refractivity contribution in [3.63, 3.8) is 0 Å². The lowest BCUT2D eigenvalue weighted by Crippen LogP contribution is -1.97. The van der Waals surface area contributed by atoms with Crippen LogP contribution in [0.2, 0.25) is 0 Å². The number of aryl methyl sites for hydroxylation is 2. The third-order valence-corrected chi connectivity index (χ3v) is 2.89. The molecule has 0 aliphatic heterocycles. The van der Waals surface area contributed by atoms with Gasteiger partial charge in [0.15, 0.2) is 0 Å². The maximum absolute atomic E-state index is 9.01.